The first-order chi connectivity index (χ1) is 7.13. The standard InChI is InChI=1S/C10H20BrNO3/c1-9(2)12(5-4-11)10(13)8-15-7-6-14-3/h9H,4-8H2,1-3H3. The van der Waals surface area contributed by atoms with Crippen molar-refractivity contribution in [2.45, 2.75) is 19.9 Å². The number of alkyl halides is 1. The molecule has 0 aromatic carbocycles. The van der Waals surface area contributed by atoms with Crippen molar-refractivity contribution in [1.82, 2.24) is 4.90 Å². The molecule has 0 aliphatic heterocycles. The Bertz CT molecular complexity index is 176. The van der Waals surface area contributed by atoms with E-state index in [1.54, 1.807) is 12.0 Å². The van der Waals surface area contributed by atoms with Crippen LogP contribution in [0.15, 0.2) is 0 Å². The molecule has 0 unspecified atom stereocenters. The maximum atomic E-state index is 11.7. The van der Waals surface area contributed by atoms with Gasteiger partial charge in [-0.2, -0.15) is 0 Å². The molecular formula is C10H20BrNO3. The number of nitrogens with zero attached hydrogens (tertiary/aromatic N) is 1. The minimum atomic E-state index is 0.0283. The molecule has 0 radical (unpaired) electrons. The van der Waals surface area contributed by atoms with E-state index in [1.165, 1.54) is 0 Å². The summed E-state index contributed by atoms with van der Waals surface area (Å²) in [5, 5.41) is 0.787. The molecule has 0 bridgehead atoms. The van der Waals surface area contributed by atoms with E-state index in [1.807, 2.05) is 13.8 Å². The van der Waals surface area contributed by atoms with Gasteiger partial charge in [-0.25, -0.2) is 0 Å². The second kappa shape index (κ2) is 9.12. The zero-order valence-corrected chi connectivity index (χ0v) is 11.2. The molecule has 0 aliphatic rings. The highest BCUT2D eigenvalue weighted by Gasteiger charge is 2.15. The van der Waals surface area contributed by atoms with Crippen molar-refractivity contribution in [1.29, 1.82) is 0 Å². The van der Waals surface area contributed by atoms with Crippen LogP contribution in [0.25, 0.3) is 0 Å². The number of halogens is 1. The summed E-state index contributed by atoms with van der Waals surface area (Å²) in [6, 6.07) is 0.209. The molecule has 5 heteroatoms. The average molecular weight is 282 g/mol. The molecule has 0 heterocycles. The summed E-state index contributed by atoms with van der Waals surface area (Å²) < 4.78 is 10.0. The summed E-state index contributed by atoms with van der Waals surface area (Å²) in [5.41, 5.74) is 0. The lowest BCUT2D eigenvalue weighted by Crippen LogP contribution is -2.40. The van der Waals surface area contributed by atoms with Crippen LogP contribution in [0.2, 0.25) is 0 Å². The van der Waals surface area contributed by atoms with Crippen LogP contribution in [0.5, 0.6) is 0 Å². The minimum absolute atomic E-state index is 0.0283. The fourth-order valence-electron chi connectivity index (χ4n) is 1.15. The highest BCUT2D eigenvalue weighted by molar-refractivity contribution is 9.09. The largest absolute Gasteiger partial charge is 0.382 e. The Balaban J connectivity index is 3.82. The number of hydrogen-bond acceptors (Lipinski definition) is 3. The Morgan fingerprint density at radius 2 is 2.07 bits per heavy atom. The van der Waals surface area contributed by atoms with Crippen LogP contribution in [-0.2, 0) is 14.3 Å². The molecule has 0 fully saturated rings. The third-order valence-corrected chi connectivity index (χ3v) is 2.28. The van der Waals surface area contributed by atoms with E-state index in [2.05, 4.69) is 15.9 Å². The zero-order valence-electron chi connectivity index (χ0n) is 9.66. The number of rotatable bonds is 8. The number of ether oxygens (including phenoxy) is 2. The summed E-state index contributed by atoms with van der Waals surface area (Å²) in [4.78, 5) is 13.5. The molecule has 0 N–H and O–H groups in total. The highest BCUT2D eigenvalue weighted by Crippen LogP contribution is 2.00. The molecule has 0 aromatic heterocycles. The van der Waals surface area contributed by atoms with Gasteiger partial charge in [0.1, 0.15) is 6.61 Å². The first kappa shape index (κ1) is 14.9. The van der Waals surface area contributed by atoms with E-state index < -0.39 is 0 Å². The van der Waals surface area contributed by atoms with Crippen molar-refractivity contribution >= 4 is 21.8 Å². The van der Waals surface area contributed by atoms with E-state index in [9.17, 15) is 4.79 Å². The van der Waals surface area contributed by atoms with Crippen molar-refractivity contribution in [3.63, 3.8) is 0 Å². The molecule has 0 spiro atoms. The first-order valence-corrected chi connectivity index (χ1v) is 6.17. The molecule has 0 saturated heterocycles. The number of carbonyl (C=O) groups is 1. The van der Waals surface area contributed by atoms with E-state index in [0.29, 0.717) is 19.8 Å². The second-order valence-corrected chi connectivity index (χ2v) is 4.21. The summed E-state index contributed by atoms with van der Waals surface area (Å²) in [6.07, 6.45) is 0. The lowest BCUT2D eigenvalue weighted by molar-refractivity contribution is -0.137. The van der Waals surface area contributed by atoms with Gasteiger partial charge in [0.2, 0.25) is 5.91 Å². The summed E-state index contributed by atoms with van der Waals surface area (Å²) in [7, 11) is 1.61. The van der Waals surface area contributed by atoms with Gasteiger partial charge in [-0.3, -0.25) is 4.79 Å². The van der Waals surface area contributed by atoms with Gasteiger partial charge in [0.15, 0.2) is 0 Å². The maximum absolute atomic E-state index is 11.7. The first-order valence-electron chi connectivity index (χ1n) is 5.05. The van der Waals surface area contributed by atoms with Crippen LogP contribution in [-0.4, -0.2) is 55.7 Å². The Morgan fingerprint density at radius 1 is 1.40 bits per heavy atom. The molecule has 1 amide bonds. The highest BCUT2D eigenvalue weighted by atomic mass is 79.9. The van der Waals surface area contributed by atoms with E-state index in [4.69, 9.17) is 9.47 Å². The third kappa shape index (κ3) is 6.87. The van der Waals surface area contributed by atoms with Gasteiger partial charge >= 0.3 is 0 Å². The summed E-state index contributed by atoms with van der Waals surface area (Å²) in [6.45, 7) is 5.82. The van der Waals surface area contributed by atoms with Crippen LogP contribution in [0.1, 0.15) is 13.8 Å². The molecule has 0 atom stereocenters. The van der Waals surface area contributed by atoms with Crippen LogP contribution < -0.4 is 0 Å². The predicted octanol–water partition coefficient (Wildman–Crippen LogP) is 1.28. The molecule has 4 nitrogen and oxygen atoms in total. The van der Waals surface area contributed by atoms with Crippen LogP contribution in [0.4, 0.5) is 0 Å². The van der Waals surface area contributed by atoms with E-state index >= 15 is 0 Å². The van der Waals surface area contributed by atoms with Gasteiger partial charge in [-0.1, -0.05) is 15.9 Å². The molecule has 90 valence electrons. The number of amides is 1. The van der Waals surface area contributed by atoms with Gasteiger partial charge in [0.25, 0.3) is 0 Å². The van der Waals surface area contributed by atoms with Crippen molar-refractivity contribution in [2.75, 3.05) is 38.8 Å². The average Bonchev–Trinajstić information content (AvgIpc) is 2.20. The topological polar surface area (TPSA) is 38.8 Å². The number of hydrogen-bond donors (Lipinski definition) is 0. The molecule has 0 saturated carbocycles. The van der Waals surface area contributed by atoms with E-state index in [0.717, 1.165) is 5.33 Å². The third-order valence-electron chi connectivity index (χ3n) is 1.93. The predicted molar refractivity (Wildman–Crippen MR) is 63.3 cm³/mol. The van der Waals surface area contributed by atoms with Crippen molar-refractivity contribution in [2.24, 2.45) is 0 Å². The molecule has 15 heavy (non-hydrogen) atoms. The quantitative estimate of drug-likeness (QED) is 0.497. The Kier molecular flexibility index (Phi) is 9.04. The Labute approximate surface area is 100 Å². The Hall–Kier alpha value is -0.130. The lowest BCUT2D eigenvalue weighted by atomic mass is 10.3. The summed E-state index contributed by atoms with van der Waals surface area (Å²) >= 11 is 3.32. The second-order valence-electron chi connectivity index (χ2n) is 3.42. The normalized spacial score (nSPS) is 10.7. The van der Waals surface area contributed by atoms with Gasteiger partial charge in [-0.05, 0) is 13.8 Å². The maximum Gasteiger partial charge on any atom is 0.248 e. The van der Waals surface area contributed by atoms with Crippen molar-refractivity contribution < 1.29 is 14.3 Å². The zero-order chi connectivity index (χ0) is 11.7. The fraction of sp³-hybridized carbons (Fsp3) is 0.900. The smallest absolute Gasteiger partial charge is 0.248 e. The monoisotopic (exact) mass is 281 g/mol. The van der Waals surface area contributed by atoms with Gasteiger partial charge in [0, 0.05) is 25.0 Å². The van der Waals surface area contributed by atoms with E-state index in [-0.39, 0.29) is 18.6 Å². The molecular weight excluding hydrogens is 262 g/mol. The molecule has 0 aromatic rings. The molecule has 0 aliphatic carbocycles. The number of methoxy groups -OCH3 is 1. The van der Waals surface area contributed by atoms with Crippen molar-refractivity contribution in [3.8, 4) is 0 Å². The van der Waals surface area contributed by atoms with Gasteiger partial charge in [-0.15, -0.1) is 0 Å². The fourth-order valence-corrected chi connectivity index (χ4v) is 1.53. The van der Waals surface area contributed by atoms with Crippen molar-refractivity contribution in [3.05, 3.63) is 0 Å². The lowest BCUT2D eigenvalue weighted by Gasteiger charge is -2.25. The summed E-state index contributed by atoms with van der Waals surface area (Å²) in [5.74, 6) is 0.0283. The van der Waals surface area contributed by atoms with Crippen LogP contribution >= 0.6 is 15.9 Å². The van der Waals surface area contributed by atoms with Gasteiger partial charge < -0.3 is 14.4 Å². The van der Waals surface area contributed by atoms with Crippen LogP contribution in [0.3, 0.4) is 0 Å². The Morgan fingerprint density at radius 3 is 2.53 bits per heavy atom. The van der Waals surface area contributed by atoms with Crippen LogP contribution in [0, 0.1) is 0 Å². The SMILES string of the molecule is COCCOCC(=O)N(CCBr)C(C)C. The minimum Gasteiger partial charge on any atom is -0.382 e. The van der Waals surface area contributed by atoms with Gasteiger partial charge in [0.05, 0.1) is 13.2 Å². The molecule has 0 rings (SSSR count). The number of carbonyl (C=O) groups excluding carboxylic acids is 1.